The number of carbonyl (C=O) groups excluding carboxylic acids is 1. The molecule has 0 heterocycles. The molecule has 0 aliphatic rings. The summed E-state index contributed by atoms with van der Waals surface area (Å²) in [4.78, 5) is 20.4. The third-order valence-electron chi connectivity index (χ3n) is 1.82. The van der Waals surface area contributed by atoms with E-state index in [1.807, 2.05) is 0 Å². The maximum Gasteiger partial charge on any atom is 0.335 e. The summed E-state index contributed by atoms with van der Waals surface area (Å²) in [5, 5.41) is 44.4. The average molecular weight is 224 g/mol. The summed E-state index contributed by atoms with van der Waals surface area (Å²) in [5.74, 6) is -1.91. The van der Waals surface area contributed by atoms with Crippen LogP contribution in [0.1, 0.15) is 0 Å². The largest absolute Gasteiger partial charge is 0.479 e. The zero-order valence-electron chi connectivity index (χ0n) is 7.44. The van der Waals surface area contributed by atoms with Gasteiger partial charge in [-0.3, -0.25) is 16.3 Å². The van der Waals surface area contributed by atoms with Crippen LogP contribution in [0.25, 0.3) is 0 Å². The number of nitrogens with two attached hydrogens (primary N) is 2. The van der Waals surface area contributed by atoms with Gasteiger partial charge in [0.15, 0.2) is 18.1 Å². The summed E-state index contributed by atoms with van der Waals surface area (Å²) in [6.07, 6.45) is -5.45. The number of aliphatic carboxylic acids is 1. The van der Waals surface area contributed by atoms with Crippen molar-refractivity contribution in [3.63, 3.8) is 0 Å². The van der Waals surface area contributed by atoms with Gasteiger partial charge in [0, 0.05) is 0 Å². The first-order chi connectivity index (χ1) is 6.58. The molecule has 0 amide bonds. The maximum absolute atomic E-state index is 10.2. The molecule has 15 heavy (non-hydrogen) atoms. The Morgan fingerprint density at radius 2 is 1.67 bits per heavy atom. The van der Waals surface area contributed by atoms with Crippen molar-refractivity contribution in [1.82, 2.24) is 0 Å². The van der Waals surface area contributed by atoms with E-state index in [0.717, 1.165) is 0 Å². The fourth-order valence-electron chi connectivity index (χ4n) is 0.707. The number of carboxylic acids is 1. The number of aliphatic hydroxyl groups is 4. The lowest BCUT2D eigenvalue weighted by Crippen LogP contribution is -2.75. The molecule has 9 N–H and O–H groups in total. The van der Waals surface area contributed by atoms with E-state index in [0.29, 0.717) is 0 Å². The van der Waals surface area contributed by atoms with Crippen LogP contribution in [0.15, 0.2) is 0 Å². The average Bonchev–Trinajstić information content (AvgIpc) is 2.14. The van der Waals surface area contributed by atoms with E-state index in [9.17, 15) is 14.7 Å². The Morgan fingerprint density at radius 1 is 1.27 bits per heavy atom. The minimum atomic E-state index is -3.20. The van der Waals surface area contributed by atoms with E-state index >= 15 is 0 Å². The molecule has 0 aliphatic heterocycles. The Balaban J connectivity index is 5.03. The molecule has 0 unspecified atom stereocenters. The highest BCUT2D eigenvalue weighted by Crippen LogP contribution is 2.17. The fourth-order valence-corrected chi connectivity index (χ4v) is 0.707. The van der Waals surface area contributed by atoms with Crippen molar-refractivity contribution in [3.8, 4) is 0 Å². The second kappa shape index (κ2) is 4.18. The van der Waals surface area contributed by atoms with Crippen LogP contribution in [0, 0.1) is 0 Å². The Hall–Kier alpha value is -1.10. The molecule has 0 spiro atoms. The minimum Gasteiger partial charge on any atom is -0.479 e. The van der Waals surface area contributed by atoms with E-state index in [1.54, 1.807) is 0 Å². The highest BCUT2D eigenvalue weighted by molar-refractivity contribution is 5.73. The number of hydrogen-bond donors (Lipinski definition) is 7. The molecule has 9 heteroatoms. The van der Waals surface area contributed by atoms with Gasteiger partial charge in [-0.05, 0) is 0 Å². The van der Waals surface area contributed by atoms with E-state index in [2.05, 4.69) is 0 Å². The normalized spacial score (nSPS) is 23.3. The highest BCUT2D eigenvalue weighted by Gasteiger charge is 2.53. The summed E-state index contributed by atoms with van der Waals surface area (Å²) in [6, 6.07) is 0. The van der Waals surface area contributed by atoms with Crippen molar-refractivity contribution in [2.24, 2.45) is 11.5 Å². The van der Waals surface area contributed by atoms with Crippen molar-refractivity contribution in [2.75, 3.05) is 0 Å². The van der Waals surface area contributed by atoms with E-state index in [-0.39, 0.29) is 0 Å². The Kier molecular flexibility index (Phi) is 3.88. The van der Waals surface area contributed by atoms with Crippen LogP contribution in [0.4, 0.5) is 0 Å². The van der Waals surface area contributed by atoms with Crippen LogP contribution in [0.5, 0.6) is 0 Å². The molecule has 0 saturated carbocycles. The van der Waals surface area contributed by atoms with Gasteiger partial charge < -0.3 is 25.5 Å². The molecule has 0 saturated heterocycles. The third kappa shape index (κ3) is 2.47. The van der Waals surface area contributed by atoms with E-state index in [1.165, 1.54) is 0 Å². The van der Waals surface area contributed by atoms with E-state index in [4.69, 9.17) is 31.9 Å². The van der Waals surface area contributed by atoms with Gasteiger partial charge in [-0.15, -0.1) is 0 Å². The van der Waals surface area contributed by atoms with Crippen LogP contribution >= 0.6 is 0 Å². The smallest absolute Gasteiger partial charge is 0.335 e. The lowest BCUT2D eigenvalue weighted by atomic mass is 9.92. The molecule has 0 aromatic carbocycles. The number of aldehydes is 1. The molecular formula is C6H12N2O7. The molecule has 0 radical (unpaired) electrons. The topological polar surface area (TPSA) is 187 Å². The summed E-state index contributed by atoms with van der Waals surface area (Å²) < 4.78 is 0. The Labute approximate surface area is 83.5 Å². The van der Waals surface area contributed by atoms with Gasteiger partial charge >= 0.3 is 5.97 Å². The quantitative estimate of drug-likeness (QED) is 0.178. The third-order valence-corrected chi connectivity index (χ3v) is 1.82. The first-order valence-corrected chi connectivity index (χ1v) is 3.65. The van der Waals surface area contributed by atoms with Gasteiger partial charge in [0.25, 0.3) is 0 Å². The van der Waals surface area contributed by atoms with E-state index < -0.39 is 35.9 Å². The lowest BCUT2D eigenvalue weighted by Gasteiger charge is -2.37. The SMILES string of the molecule is N[C@](O)(C=O)[C@@](N)(O)[C@H](O)[C@H](O)C(=O)O. The predicted octanol–water partition coefficient (Wildman–Crippen LogP) is -4.71. The number of carboxylic acid groups (broad SMARTS) is 1. The monoisotopic (exact) mass is 224 g/mol. The van der Waals surface area contributed by atoms with Gasteiger partial charge in [-0.2, -0.15) is 0 Å². The lowest BCUT2D eigenvalue weighted by molar-refractivity contribution is -0.214. The standard InChI is InChI=1S/C6H12N2O7/c7-5(14,1-9)6(8,15)3(11)2(10)4(12)13/h1-3,10-11,14-15H,7-8H2,(H,12,13)/t2-,3+,5-,6-/m0/s1. The van der Waals surface area contributed by atoms with Gasteiger partial charge in [-0.25, -0.2) is 4.79 Å². The van der Waals surface area contributed by atoms with Crippen molar-refractivity contribution in [1.29, 1.82) is 0 Å². The molecule has 0 aromatic rings. The first kappa shape index (κ1) is 13.9. The van der Waals surface area contributed by atoms with Crippen molar-refractivity contribution >= 4 is 12.3 Å². The van der Waals surface area contributed by atoms with Crippen molar-refractivity contribution in [3.05, 3.63) is 0 Å². The van der Waals surface area contributed by atoms with Gasteiger partial charge in [-0.1, -0.05) is 0 Å². The highest BCUT2D eigenvalue weighted by atomic mass is 16.4. The Morgan fingerprint density at radius 3 is 1.93 bits per heavy atom. The zero-order chi connectivity index (χ0) is 12.4. The molecule has 4 atom stereocenters. The molecule has 9 nitrogen and oxygen atoms in total. The van der Waals surface area contributed by atoms with Crippen molar-refractivity contribution < 1.29 is 35.1 Å². The minimum absolute atomic E-state index is 0.398. The fraction of sp³-hybridized carbons (Fsp3) is 0.667. The first-order valence-electron chi connectivity index (χ1n) is 3.65. The number of rotatable bonds is 5. The molecule has 0 aliphatic carbocycles. The van der Waals surface area contributed by atoms with Crippen LogP contribution in [-0.2, 0) is 9.59 Å². The summed E-state index contributed by atoms with van der Waals surface area (Å²) in [6.45, 7) is 0. The Bertz CT molecular complexity index is 264. The molecule has 0 rings (SSSR count). The molecule has 88 valence electrons. The predicted molar refractivity (Wildman–Crippen MR) is 44.0 cm³/mol. The molecular weight excluding hydrogens is 212 g/mol. The van der Waals surface area contributed by atoms with Crippen LogP contribution in [0.3, 0.4) is 0 Å². The summed E-state index contributed by atoms with van der Waals surface area (Å²) in [5.41, 5.74) is 3.35. The zero-order valence-corrected chi connectivity index (χ0v) is 7.44. The second-order valence-electron chi connectivity index (χ2n) is 3.00. The molecule has 0 fully saturated rings. The maximum atomic E-state index is 10.2. The second-order valence-corrected chi connectivity index (χ2v) is 3.00. The van der Waals surface area contributed by atoms with Crippen LogP contribution in [0.2, 0.25) is 0 Å². The number of aliphatic hydroxyl groups excluding tert-OH is 2. The summed E-state index contributed by atoms with van der Waals surface area (Å²) >= 11 is 0. The molecule has 0 bridgehead atoms. The number of hydrogen-bond acceptors (Lipinski definition) is 8. The van der Waals surface area contributed by atoms with Gasteiger partial charge in [0.2, 0.25) is 5.72 Å². The van der Waals surface area contributed by atoms with Crippen LogP contribution < -0.4 is 11.5 Å². The van der Waals surface area contributed by atoms with Gasteiger partial charge in [0.1, 0.15) is 6.10 Å². The summed E-state index contributed by atoms with van der Waals surface area (Å²) in [7, 11) is 0. The van der Waals surface area contributed by atoms with Crippen LogP contribution in [-0.4, -0.2) is 61.4 Å². The van der Waals surface area contributed by atoms with Crippen molar-refractivity contribution in [2.45, 2.75) is 23.7 Å². The molecule has 0 aromatic heterocycles. The number of carbonyl (C=O) groups is 2. The van der Waals surface area contributed by atoms with Gasteiger partial charge in [0.05, 0.1) is 0 Å².